The fraction of sp³-hybridized carbons (Fsp3) is 0.571. The van der Waals surface area contributed by atoms with E-state index < -0.39 is 6.64 Å². The van der Waals surface area contributed by atoms with E-state index in [-0.39, 0.29) is 0 Å². The highest BCUT2D eigenvalue weighted by molar-refractivity contribution is 8.09. The Balaban J connectivity index is 2.14. The molecule has 106 valence electrons. The molecular weight excluding hydrogens is 277 g/mol. The van der Waals surface area contributed by atoms with Crippen molar-refractivity contribution in [1.29, 1.82) is 0 Å². The molecule has 0 bridgehead atoms. The molecule has 0 saturated carbocycles. The van der Waals surface area contributed by atoms with Gasteiger partial charge in [-0.3, -0.25) is 0 Å². The first-order chi connectivity index (χ1) is 8.89. The van der Waals surface area contributed by atoms with Crippen molar-refractivity contribution in [2.45, 2.75) is 40.2 Å². The lowest BCUT2D eigenvalue weighted by atomic mass is 10.0. The Morgan fingerprint density at radius 1 is 1.32 bits per heavy atom. The van der Waals surface area contributed by atoms with Crippen LogP contribution >= 0.6 is 6.64 Å². The summed E-state index contributed by atoms with van der Waals surface area (Å²) >= 11 is 5.49. The van der Waals surface area contributed by atoms with Gasteiger partial charge in [0.2, 0.25) is 0 Å². The second-order valence-electron chi connectivity index (χ2n) is 5.64. The van der Waals surface area contributed by atoms with Crippen LogP contribution in [0.3, 0.4) is 0 Å². The number of nitrogens with one attached hydrogen (secondary N) is 1. The van der Waals surface area contributed by atoms with Gasteiger partial charge in [-0.15, -0.1) is 0 Å². The van der Waals surface area contributed by atoms with E-state index in [2.05, 4.69) is 44.9 Å². The van der Waals surface area contributed by atoms with Crippen LogP contribution in [-0.4, -0.2) is 6.54 Å². The molecule has 1 aliphatic heterocycles. The van der Waals surface area contributed by atoms with E-state index in [0.29, 0.717) is 18.4 Å². The van der Waals surface area contributed by atoms with E-state index >= 15 is 0 Å². The maximum Gasteiger partial charge on any atom is 0.313 e. The second-order valence-corrected chi connectivity index (χ2v) is 8.83. The van der Waals surface area contributed by atoms with Crippen molar-refractivity contribution in [2.75, 3.05) is 6.54 Å². The van der Waals surface area contributed by atoms with Gasteiger partial charge in [-0.05, 0) is 41.3 Å². The quantitative estimate of drug-likeness (QED) is 0.845. The molecule has 1 atom stereocenters. The fourth-order valence-corrected chi connectivity index (χ4v) is 4.01. The Bertz CT molecular complexity index is 502. The maximum atomic E-state index is 5.90. The van der Waals surface area contributed by atoms with Gasteiger partial charge in [0.1, 0.15) is 5.75 Å². The van der Waals surface area contributed by atoms with Crippen LogP contribution < -0.4 is 9.61 Å². The largest absolute Gasteiger partial charge is 0.432 e. The summed E-state index contributed by atoms with van der Waals surface area (Å²) in [7, 11) is 0. The predicted molar refractivity (Wildman–Crippen MR) is 83.1 cm³/mol. The number of fused-ring (bicyclic) bond motifs is 1. The van der Waals surface area contributed by atoms with Crippen LogP contribution in [0, 0.1) is 5.92 Å². The molecule has 19 heavy (non-hydrogen) atoms. The molecule has 0 radical (unpaired) electrons. The summed E-state index contributed by atoms with van der Waals surface area (Å²) in [6, 6.07) is 6.28. The molecule has 5 heteroatoms. The maximum absolute atomic E-state index is 5.90. The van der Waals surface area contributed by atoms with E-state index in [1.165, 1.54) is 5.56 Å². The Kier molecular flexibility index (Phi) is 4.67. The molecule has 0 aromatic heterocycles. The van der Waals surface area contributed by atoms with Crippen LogP contribution in [0.5, 0.6) is 5.75 Å². The third-order valence-electron chi connectivity index (χ3n) is 3.05. The molecule has 2 rings (SSSR count). The highest BCUT2D eigenvalue weighted by atomic mass is 32.5. The summed E-state index contributed by atoms with van der Waals surface area (Å²) in [5, 5.41) is 3.26. The zero-order valence-corrected chi connectivity index (χ0v) is 13.7. The molecule has 1 unspecified atom stereocenters. The van der Waals surface area contributed by atoms with Crippen LogP contribution in [0.4, 0.5) is 0 Å². The fourth-order valence-electron chi connectivity index (χ4n) is 1.84. The lowest BCUT2D eigenvalue weighted by molar-refractivity contribution is 0.266. The Labute approximate surface area is 120 Å². The third kappa shape index (κ3) is 3.79. The van der Waals surface area contributed by atoms with Crippen LogP contribution in [0.15, 0.2) is 18.2 Å². The normalized spacial score (nSPS) is 22.4. The van der Waals surface area contributed by atoms with Gasteiger partial charge >= 0.3 is 6.64 Å². The molecule has 0 amide bonds. The van der Waals surface area contributed by atoms with Crippen molar-refractivity contribution in [2.24, 2.45) is 5.92 Å². The van der Waals surface area contributed by atoms with E-state index in [0.717, 1.165) is 17.9 Å². The molecule has 0 aliphatic carbocycles. The Morgan fingerprint density at radius 2 is 2.05 bits per heavy atom. The standard InChI is InChI=1S/C14H22NO2PS/c1-10(2)8-15-18(19)16-9-13-7-12(11(3)4)5-6-14(13)17-18/h5-7,10-11H,8-9H2,1-4H3,(H,15,19). The summed E-state index contributed by atoms with van der Waals surface area (Å²) in [5.41, 5.74) is 2.40. The zero-order chi connectivity index (χ0) is 14.0. The topological polar surface area (TPSA) is 30.5 Å². The average molecular weight is 299 g/mol. The minimum Gasteiger partial charge on any atom is -0.432 e. The lowest BCUT2D eigenvalue weighted by Crippen LogP contribution is -2.23. The molecule has 1 aromatic carbocycles. The van der Waals surface area contributed by atoms with Gasteiger partial charge in [0.15, 0.2) is 0 Å². The van der Waals surface area contributed by atoms with Crippen LogP contribution in [0.1, 0.15) is 44.7 Å². The Hall–Kier alpha value is -0.410. The molecule has 1 N–H and O–H groups in total. The highest BCUT2D eigenvalue weighted by Gasteiger charge is 2.27. The van der Waals surface area contributed by atoms with Crippen molar-refractivity contribution in [1.82, 2.24) is 5.09 Å². The van der Waals surface area contributed by atoms with Crippen LogP contribution in [0.2, 0.25) is 0 Å². The van der Waals surface area contributed by atoms with Gasteiger partial charge in [0.25, 0.3) is 0 Å². The average Bonchev–Trinajstić information content (AvgIpc) is 2.36. The monoisotopic (exact) mass is 299 g/mol. The van der Waals surface area contributed by atoms with Gasteiger partial charge in [0, 0.05) is 12.1 Å². The molecule has 1 aliphatic rings. The Morgan fingerprint density at radius 3 is 2.68 bits per heavy atom. The van der Waals surface area contributed by atoms with E-state index in [1.807, 2.05) is 6.07 Å². The first-order valence-electron chi connectivity index (χ1n) is 6.72. The predicted octanol–water partition coefficient (Wildman–Crippen LogP) is 4.19. The van der Waals surface area contributed by atoms with E-state index in [4.69, 9.17) is 20.9 Å². The molecule has 0 saturated heterocycles. The van der Waals surface area contributed by atoms with E-state index in [1.54, 1.807) is 0 Å². The second kappa shape index (κ2) is 5.92. The lowest BCUT2D eigenvalue weighted by Gasteiger charge is -2.30. The van der Waals surface area contributed by atoms with Gasteiger partial charge < -0.3 is 9.05 Å². The molecule has 3 nitrogen and oxygen atoms in total. The summed E-state index contributed by atoms with van der Waals surface area (Å²) in [6.45, 7) is 7.64. The van der Waals surface area contributed by atoms with Crippen molar-refractivity contribution in [3.63, 3.8) is 0 Å². The number of hydrogen-bond donors (Lipinski definition) is 1. The number of rotatable bonds is 4. The SMILES string of the molecule is CC(C)CNP1(=S)OCc2cc(C(C)C)ccc2O1. The summed E-state index contributed by atoms with van der Waals surface area (Å²) in [6.07, 6.45) is 0. The smallest absolute Gasteiger partial charge is 0.313 e. The first-order valence-corrected chi connectivity index (χ1v) is 9.35. The van der Waals surface area contributed by atoms with E-state index in [9.17, 15) is 0 Å². The zero-order valence-electron chi connectivity index (χ0n) is 12.0. The summed E-state index contributed by atoms with van der Waals surface area (Å²) in [5.74, 6) is 1.90. The molecular formula is C14H22NO2PS. The molecule has 1 heterocycles. The van der Waals surface area contributed by atoms with Crippen molar-refractivity contribution in [3.8, 4) is 5.75 Å². The summed E-state index contributed by atoms with van der Waals surface area (Å²) < 4.78 is 11.7. The minimum absolute atomic E-state index is 0.509. The van der Waals surface area contributed by atoms with Crippen molar-refractivity contribution in [3.05, 3.63) is 29.3 Å². The van der Waals surface area contributed by atoms with Gasteiger partial charge in [-0.25, -0.2) is 5.09 Å². The van der Waals surface area contributed by atoms with Gasteiger partial charge in [-0.1, -0.05) is 33.8 Å². The number of hydrogen-bond acceptors (Lipinski definition) is 3. The van der Waals surface area contributed by atoms with Gasteiger partial charge in [0.05, 0.1) is 6.61 Å². The van der Waals surface area contributed by atoms with Crippen molar-refractivity contribution < 1.29 is 9.05 Å². The molecule has 0 fully saturated rings. The minimum atomic E-state index is -2.36. The molecule has 0 spiro atoms. The highest BCUT2D eigenvalue weighted by Crippen LogP contribution is 2.50. The van der Waals surface area contributed by atoms with Crippen LogP contribution in [0.25, 0.3) is 0 Å². The first kappa shape index (κ1) is 15.0. The third-order valence-corrected chi connectivity index (χ3v) is 5.46. The van der Waals surface area contributed by atoms with Crippen LogP contribution in [-0.2, 0) is 22.9 Å². The molecule has 1 aromatic rings. The summed E-state index contributed by atoms with van der Waals surface area (Å²) in [4.78, 5) is 0. The van der Waals surface area contributed by atoms with Gasteiger partial charge in [-0.2, -0.15) is 0 Å². The van der Waals surface area contributed by atoms with Crippen molar-refractivity contribution >= 4 is 18.4 Å². The number of benzene rings is 1.